The maximum absolute atomic E-state index is 11.4. The molecule has 0 saturated carbocycles. The van der Waals surface area contributed by atoms with Crippen molar-refractivity contribution in [3.05, 3.63) is 12.2 Å². The third-order valence-corrected chi connectivity index (χ3v) is 2.72. The van der Waals surface area contributed by atoms with Gasteiger partial charge in [0.2, 0.25) is 5.91 Å². The molecule has 2 rings (SSSR count). The molecule has 14 heavy (non-hydrogen) atoms. The summed E-state index contributed by atoms with van der Waals surface area (Å²) < 4.78 is 5.29. The third kappa shape index (κ3) is 1.13. The largest absolute Gasteiger partial charge is 0.550 e. The maximum Gasteiger partial charge on any atom is 0.226 e. The lowest BCUT2D eigenvalue weighted by Gasteiger charge is -2.24. The molecule has 2 aliphatic heterocycles. The van der Waals surface area contributed by atoms with Crippen LogP contribution in [0.4, 0.5) is 0 Å². The van der Waals surface area contributed by atoms with Crippen molar-refractivity contribution in [1.82, 2.24) is 5.32 Å². The summed E-state index contributed by atoms with van der Waals surface area (Å²) in [4.78, 5) is 22.2. The maximum atomic E-state index is 11.4. The van der Waals surface area contributed by atoms with Gasteiger partial charge in [0.05, 0.1) is 18.1 Å². The van der Waals surface area contributed by atoms with Crippen LogP contribution in [0.3, 0.4) is 0 Å². The van der Waals surface area contributed by atoms with Crippen molar-refractivity contribution in [1.29, 1.82) is 0 Å². The summed E-state index contributed by atoms with van der Waals surface area (Å²) in [5.74, 6) is -3.04. The number of aliphatic carboxylic acids is 1. The number of rotatable bonds is 2. The summed E-state index contributed by atoms with van der Waals surface area (Å²) in [6.45, 7) is 0. The first kappa shape index (κ1) is 9.21. The smallest absolute Gasteiger partial charge is 0.226 e. The fraction of sp³-hybridized carbons (Fsp3) is 0.556. The van der Waals surface area contributed by atoms with Crippen LogP contribution in [-0.4, -0.2) is 31.1 Å². The van der Waals surface area contributed by atoms with Crippen LogP contribution in [-0.2, 0) is 14.3 Å². The molecule has 0 radical (unpaired) electrons. The minimum absolute atomic E-state index is 0.309. The van der Waals surface area contributed by atoms with Gasteiger partial charge in [-0.05, 0) is 0 Å². The second kappa shape index (κ2) is 3.09. The molecule has 0 aromatic rings. The van der Waals surface area contributed by atoms with Gasteiger partial charge in [-0.2, -0.15) is 0 Å². The molecule has 2 unspecified atom stereocenters. The highest BCUT2D eigenvalue weighted by atomic mass is 16.5. The van der Waals surface area contributed by atoms with Crippen molar-refractivity contribution >= 4 is 11.9 Å². The molecular formula is C9H10NO4-. The summed E-state index contributed by atoms with van der Waals surface area (Å²) >= 11 is 0. The van der Waals surface area contributed by atoms with Crippen molar-refractivity contribution in [3.8, 4) is 0 Å². The van der Waals surface area contributed by atoms with E-state index in [2.05, 4.69) is 5.32 Å². The number of amides is 1. The molecular weight excluding hydrogens is 186 g/mol. The number of hydrogen-bond donors (Lipinski definition) is 1. The molecule has 4 atom stereocenters. The minimum atomic E-state index is -1.23. The molecule has 2 aliphatic rings. The number of carboxylic acids is 1. The predicted octanol–water partition coefficient (Wildman–Crippen LogP) is -1.95. The second-order valence-electron chi connectivity index (χ2n) is 3.44. The van der Waals surface area contributed by atoms with Gasteiger partial charge in [-0.25, -0.2) is 0 Å². The van der Waals surface area contributed by atoms with Crippen LogP contribution in [0.2, 0.25) is 0 Å². The zero-order valence-corrected chi connectivity index (χ0v) is 7.60. The number of carbonyl (C=O) groups excluding carboxylic acids is 2. The number of fused-ring (bicyclic) bond motifs is 2. The first-order valence-electron chi connectivity index (χ1n) is 4.41. The number of hydrogen-bond acceptors (Lipinski definition) is 4. The number of carboxylic acid groups (broad SMARTS) is 1. The summed E-state index contributed by atoms with van der Waals surface area (Å²) in [7, 11) is 1.48. The Morgan fingerprint density at radius 1 is 1.29 bits per heavy atom. The zero-order chi connectivity index (χ0) is 10.3. The lowest BCUT2D eigenvalue weighted by Crippen LogP contribution is -2.46. The van der Waals surface area contributed by atoms with Gasteiger partial charge in [-0.15, -0.1) is 0 Å². The van der Waals surface area contributed by atoms with E-state index in [0.29, 0.717) is 0 Å². The Hall–Kier alpha value is -1.36. The fourth-order valence-corrected chi connectivity index (χ4v) is 2.07. The van der Waals surface area contributed by atoms with Crippen LogP contribution >= 0.6 is 0 Å². The Bertz CT molecular complexity index is 312. The quantitative estimate of drug-likeness (QED) is 0.521. The predicted molar refractivity (Wildman–Crippen MR) is 43.9 cm³/mol. The van der Waals surface area contributed by atoms with Crippen molar-refractivity contribution < 1.29 is 19.4 Å². The van der Waals surface area contributed by atoms with Crippen LogP contribution in [0.25, 0.3) is 0 Å². The van der Waals surface area contributed by atoms with Gasteiger partial charge in [0.15, 0.2) is 0 Å². The van der Waals surface area contributed by atoms with Gasteiger partial charge >= 0.3 is 0 Å². The summed E-state index contributed by atoms with van der Waals surface area (Å²) in [5, 5.41) is 13.2. The molecule has 2 bridgehead atoms. The minimum Gasteiger partial charge on any atom is -0.550 e. The molecule has 0 aromatic carbocycles. The highest BCUT2D eigenvalue weighted by Crippen LogP contribution is 2.38. The highest BCUT2D eigenvalue weighted by molar-refractivity contribution is 5.86. The Balaban J connectivity index is 2.26. The van der Waals surface area contributed by atoms with Crippen molar-refractivity contribution in [2.24, 2.45) is 11.8 Å². The van der Waals surface area contributed by atoms with E-state index in [9.17, 15) is 14.7 Å². The van der Waals surface area contributed by atoms with E-state index in [1.165, 1.54) is 7.05 Å². The van der Waals surface area contributed by atoms with E-state index in [-0.39, 0.29) is 5.91 Å². The molecule has 2 heterocycles. The van der Waals surface area contributed by atoms with E-state index in [4.69, 9.17) is 4.74 Å². The van der Waals surface area contributed by atoms with Crippen molar-refractivity contribution in [2.75, 3.05) is 7.05 Å². The lowest BCUT2D eigenvalue weighted by atomic mass is 9.82. The SMILES string of the molecule is CNC(=O)C1C(C(=O)[O-])[C@@H]2C=C[C@H]1O2. The fourth-order valence-electron chi connectivity index (χ4n) is 2.07. The van der Waals surface area contributed by atoms with Crippen molar-refractivity contribution in [3.63, 3.8) is 0 Å². The third-order valence-electron chi connectivity index (χ3n) is 2.72. The average molecular weight is 196 g/mol. The molecule has 1 N–H and O–H groups in total. The molecule has 76 valence electrons. The topological polar surface area (TPSA) is 78.5 Å². The first-order valence-corrected chi connectivity index (χ1v) is 4.41. The molecule has 0 spiro atoms. The van der Waals surface area contributed by atoms with E-state index in [1.54, 1.807) is 12.2 Å². The Morgan fingerprint density at radius 2 is 1.86 bits per heavy atom. The standard InChI is InChI=1S/C9H11NO4/c1-10-8(11)6-4-2-3-5(14-4)7(6)9(12)13/h2-7H,1H3,(H,10,11)(H,12,13)/p-1/t4-,5+,6?,7?/m1/s1. The van der Waals surface area contributed by atoms with Gasteiger partial charge in [0, 0.05) is 18.9 Å². The molecule has 0 aromatic heterocycles. The molecule has 5 nitrogen and oxygen atoms in total. The van der Waals surface area contributed by atoms with Crippen LogP contribution in [0.5, 0.6) is 0 Å². The summed E-state index contributed by atoms with van der Waals surface area (Å²) in [5.41, 5.74) is 0. The summed E-state index contributed by atoms with van der Waals surface area (Å²) in [6, 6.07) is 0. The van der Waals surface area contributed by atoms with Gasteiger partial charge in [0.1, 0.15) is 0 Å². The number of nitrogens with one attached hydrogen (secondary N) is 1. The van der Waals surface area contributed by atoms with Gasteiger partial charge in [0.25, 0.3) is 0 Å². The van der Waals surface area contributed by atoms with Crippen LogP contribution in [0.15, 0.2) is 12.2 Å². The van der Waals surface area contributed by atoms with E-state index >= 15 is 0 Å². The van der Waals surface area contributed by atoms with E-state index in [1.807, 2.05) is 0 Å². The number of carbonyl (C=O) groups is 2. The lowest BCUT2D eigenvalue weighted by molar-refractivity contribution is -0.313. The number of ether oxygens (including phenoxy) is 1. The monoisotopic (exact) mass is 196 g/mol. The zero-order valence-electron chi connectivity index (χ0n) is 7.60. The van der Waals surface area contributed by atoms with Crippen LogP contribution < -0.4 is 10.4 Å². The second-order valence-corrected chi connectivity index (χ2v) is 3.44. The van der Waals surface area contributed by atoms with E-state index in [0.717, 1.165) is 0 Å². The molecule has 1 fully saturated rings. The van der Waals surface area contributed by atoms with Crippen molar-refractivity contribution in [2.45, 2.75) is 12.2 Å². The summed E-state index contributed by atoms with van der Waals surface area (Å²) in [6.07, 6.45) is 2.48. The van der Waals surface area contributed by atoms with Gasteiger partial charge in [-0.3, -0.25) is 4.79 Å². The Labute approximate surface area is 80.7 Å². The molecule has 1 amide bonds. The van der Waals surface area contributed by atoms with Gasteiger partial charge in [-0.1, -0.05) is 12.2 Å². The Kier molecular flexibility index (Phi) is 2.03. The van der Waals surface area contributed by atoms with Crippen LogP contribution in [0.1, 0.15) is 0 Å². The average Bonchev–Trinajstić information content (AvgIpc) is 2.74. The molecule has 1 saturated heterocycles. The first-order chi connectivity index (χ1) is 6.65. The van der Waals surface area contributed by atoms with Gasteiger partial charge < -0.3 is 20.0 Å². The Morgan fingerprint density at radius 3 is 2.36 bits per heavy atom. The highest BCUT2D eigenvalue weighted by Gasteiger charge is 2.49. The normalized spacial score (nSPS) is 38.6. The molecule has 0 aliphatic carbocycles. The van der Waals surface area contributed by atoms with E-state index < -0.39 is 30.0 Å². The molecule has 5 heteroatoms. The van der Waals surface area contributed by atoms with Crippen LogP contribution in [0, 0.1) is 11.8 Å².